The molecule has 0 saturated heterocycles. The van der Waals surface area contributed by atoms with Crippen LogP contribution in [0.2, 0.25) is 5.02 Å². The van der Waals surface area contributed by atoms with Crippen molar-refractivity contribution < 1.29 is 9.90 Å². The van der Waals surface area contributed by atoms with E-state index < -0.39 is 0 Å². The molecule has 1 rings (SSSR count). The fourth-order valence-electron chi connectivity index (χ4n) is 2.06. The summed E-state index contributed by atoms with van der Waals surface area (Å²) in [6, 6.07) is 1.67. The second kappa shape index (κ2) is 6.96. The minimum absolute atomic E-state index is 0.0792. The van der Waals surface area contributed by atoms with Crippen molar-refractivity contribution in [1.29, 1.82) is 0 Å². The third-order valence-electron chi connectivity index (χ3n) is 3.90. The second-order valence-corrected chi connectivity index (χ2v) is 5.31. The normalized spacial score (nSPS) is 11.6. The van der Waals surface area contributed by atoms with Gasteiger partial charge in [-0.25, -0.2) is 0 Å². The highest BCUT2D eigenvalue weighted by Gasteiger charge is 2.26. The maximum atomic E-state index is 12.2. The molecule has 0 aliphatic rings. The lowest BCUT2D eigenvalue weighted by Gasteiger charge is -2.29. The van der Waals surface area contributed by atoms with E-state index in [0.29, 0.717) is 23.8 Å². The Morgan fingerprint density at radius 1 is 1.42 bits per heavy atom. The molecule has 0 atom stereocenters. The van der Waals surface area contributed by atoms with E-state index >= 15 is 0 Å². The van der Waals surface area contributed by atoms with Crippen LogP contribution in [0.25, 0.3) is 0 Å². The van der Waals surface area contributed by atoms with Crippen molar-refractivity contribution in [3.63, 3.8) is 0 Å². The van der Waals surface area contributed by atoms with Crippen molar-refractivity contribution >= 4 is 17.5 Å². The number of amides is 1. The van der Waals surface area contributed by atoms with Crippen LogP contribution < -0.4 is 5.32 Å². The maximum absolute atomic E-state index is 12.2. The van der Waals surface area contributed by atoms with Gasteiger partial charge < -0.3 is 15.0 Å². The van der Waals surface area contributed by atoms with Crippen LogP contribution in [0.1, 0.15) is 44.1 Å². The van der Waals surface area contributed by atoms with E-state index in [1.54, 1.807) is 12.3 Å². The summed E-state index contributed by atoms with van der Waals surface area (Å²) >= 11 is 5.92. The SMILES string of the molecule is CCn1cc(Cl)cc1C(=O)NCC(CC)(CC)CO. The number of aliphatic hydroxyl groups is 1. The monoisotopic (exact) mass is 286 g/mol. The fourth-order valence-corrected chi connectivity index (χ4v) is 2.29. The summed E-state index contributed by atoms with van der Waals surface area (Å²) in [5.41, 5.74) is 0.329. The van der Waals surface area contributed by atoms with Gasteiger partial charge in [-0.3, -0.25) is 4.79 Å². The molecule has 0 spiro atoms. The number of aliphatic hydroxyl groups excluding tert-OH is 1. The number of aromatic nitrogens is 1. The molecule has 4 nitrogen and oxygen atoms in total. The molecule has 1 aromatic rings. The minimum Gasteiger partial charge on any atom is -0.396 e. The van der Waals surface area contributed by atoms with Gasteiger partial charge in [0.15, 0.2) is 0 Å². The average Bonchev–Trinajstić information content (AvgIpc) is 2.82. The third-order valence-corrected chi connectivity index (χ3v) is 4.10. The second-order valence-electron chi connectivity index (χ2n) is 4.88. The molecular formula is C14H23ClN2O2. The van der Waals surface area contributed by atoms with Crippen molar-refractivity contribution in [3.8, 4) is 0 Å². The molecule has 108 valence electrons. The Balaban J connectivity index is 2.74. The van der Waals surface area contributed by atoms with E-state index in [1.807, 2.05) is 25.3 Å². The number of aryl methyl sites for hydroxylation is 1. The van der Waals surface area contributed by atoms with Gasteiger partial charge in [0.1, 0.15) is 5.69 Å². The standard InChI is InChI=1S/C14H23ClN2O2/c1-4-14(5-2,10-18)9-16-13(19)12-7-11(15)8-17(12)6-3/h7-8,18H,4-6,9-10H2,1-3H3,(H,16,19). The van der Waals surface area contributed by atoms with Gasteiger partial charge in [-0.15, -0.1) is 0 Å². The quantitative estimate of drug-likeness (QED) is 0.810. The van der Waals surface area contributed by atoms with Crippen molar-refractivity contribution in [2.75, 3.05) is 13.2 Å². The largest absolute Gasteiger partial charge is 0.396 e. The molecule has 0 aromatic carbocycles. The zero-order chi connectivity index (χ0) is 14.5. The number of hydrogen-bond acceptors (Lipinski definition) is 2. The predicted octanol–water partition coefficient (Wildman–Crippen LogP) is 2.69. The molecule has 0 bridgehead atoms. The highest BCUT2D eigenvalue weighted by molar-refractivity contribution is 6.31. The van der Waals surface area contributed by atoms with Gasteiger partial charge in [-0.1, -0.05) is 25.4 Å². The van der Waals surface area contributed by atoms with Gasteiger partial charge >= 0.3 is 0 Å². The van der Waals surface area contributed by atoms with Crippen LogP contribution in [0, 0.1) is 5.41 Å². The Morgan fingerprint density at radius 2 is 2.05 bits per heavy atom. The first kappa shape index (κ1) is 16.1. The Labute approximate surface area is 119 Å². The zero-order valence-corrected chi connectivity index (χ0v) is 12.6. The summed E-state index contributed by atoms with van der Waals surface area (Å²) in [6.45, 7) is 7.26. The van der Waals surface area contributed by atoms with Crippen molar-refractivity contribution in [1.82, 2.24) is 9.88 Å². The minimum atomic E-state index is -0.233. The summed E-state index contributed by atoms with van der Waals surface area (Å²) in [5, 5.41) is 13.0. The number of nitrogens with zero attached hydrogens (tertiary/aromatic N) is 1. The highest BCUT2D eigenvalue weighted by Crippen LogP contribution is 2.24. The van der Waals surface area contributed by atoms with Gasteiger partial charge in [0.25, 0.3) is 5.91 Å². The number of rotatable bonds is 7. The van der Waals surface area contributed by atoms with Gasteiger partial charge in [0.05, 0.1) is 11.6 Å². The number of carbonyl (C=O) groups is 1. The first-order chi connectivity index (χ1) is 9.01. The van der Waals surface area contributed by atoms with Crippen molar-refractivity contribution in [2.45, 2.75) is 40.2 Å². The Morgan fingerprint density at radius 3 is 2.53 bits per heavy atom. The summed E-state index contributed by atoms with van der Waals surface area (Å²) in [4.78, 5) is 12.2. The van der Waals surface area contributed by atoms with Crippen LogP contribution in [0.3, 0.4) is 0 Å². The van der Waals surface area contributed by atoms with E-state index in [-0.39, 0.29) is 17.9 Å². The molecule has 0 fully saturated rings. The van der Waals surface area contributed by atoms with E-state index in [1.165, 1.54) is 0 Å². The van der Waals surface area contributed by atoms with Crippen LogP contribution in [-0.2, 0) is 6.54 Å². The van der Waals surface area contributed by atoms with Gasteiger partial charge in [0, 0.05) is 24.7 Å². The third kappa shape index (κ3) is 3.74. The molecule has 0 unspecified atom stereocenters. The molecule has 5 heteroatoms. The van der Waals surface area contributed by atoms with E-state index in [4.69, 9.17) is 11.6 Å². The number of halogens is 1. The van der Waals surface area contributed by atoms with Crippen LogP contribution >= 0.6 is 11.6 Å². The number of carbonyl (C=O) groups excluding carboxylic acids is 1. The van der Waals surface area contributed by atoms with Crippen molar-refractivity contribution in [2.24, 2.45) is 5.41 Å². The van der Waals surface area contributed by atoms with E-state index in [9.17, 15) is 9.90 Å². The van der Waals surface area contributed by atoms with E-state index in [0.717, 1.165) is 12.8 Å². The maximum Gasteiger partial charge on any atom is 0.267 e. The smallest absolute Gasteiger partial charge is 0.267 e. The Kier molecular flexibility index (Phi) is 5.88. The number of hydrogen-bond donors (Lipinski definition) is 2. The highest BCUT2D eigenvalue weighted by atomic mass is 35.5. The lowest BCUT2D eigenvalue weighted by atomic mass is 9.83. The molecule has 1 aromatic heterocycles. The first-order valence-corrected chi connectivity index (χ1v) is 7.14. The molecule has 0 radical (unpaired) electrons. The van der Waals surface area contributed by atoms with Gasteiger partial charge in [-0.05, 0) is 25.8 Å². The average molecular weight is 287 g/mol. The lowest BCUT2D eigenvalue weighted by Crippen LogP contribution is -2.39. The topological polar surface area (TPSA) is 54.3 Å². The summed E-state index contributed by atoms with van der Waals surface area (Å²) in [6.07, 6.45) is 3.40. The molecule has 0 saturated carbocycles. The molecule has 0 aliphatic carbocycles. The first-order valence-electron chi connectivity index (χ1n) is 6.76. The van der Waals surface area contributed by atoms with Crippen LogP contribution in [0.15, 0.2) is 12.3 Å². The Bertz CT molecular complexity index is 417. The Hall–Kier alpha value is -1.00. The summed E-state index contributed by atoms with van der Waals surface area (Å²) < 4.78 is 1.82. The van der Waals surface area contributed by atoms with Crippen LogP contribution in [-0.4, -0.2) is 28.7 Å². The molecule has 1 amide bonds. The molecule has 1 heterocycles. The summed E-state index contributed by atoms with van der Waals surface area (Å²) in [7, 11) is 0. The molecular weight excluding hydrogens is 264 g/mol. The van der Waals surface area contributed by atoms with Crippen molar-refractivity contribution in [3.05, 3.63) is 23.0 Å². The zero-order valence-electron chi connectivity index (χ0n) is 11.9. The van der Waals surface area contributed by atoms with Gasteiger partial charge in [0.2, 0.25) is 0 Å². The molecule has 19 heavy (non-hydrogen) atoms. The van der Waals surface area contributed by atoms with E-state index in [2.05, 4.69) is 5.32 Å². The summed E-state index contributed by atoms with van der Waals surface area (Å²) in [5.74, 6) is -0.145. The van der Waals surface area contributed by atoms with Crippen LogP contribution in [0.4, 0.5) is 0 Å². The predicted molar refractivity (Wildman–Crippen MR) is 77.6 cm³/mol. The lowest BCUT2D eigenvalue weighted by molar-refractivity contribution is 0.0843. The molecule has 2 N–H and O–H groups in total. The van der Waals surface area contributed by atoms with Crippen LogP contribution in [0.5, 0.6) is 0 Å². The van der Waals surface area contributed by atoms with Gasteiger partial charge in [-0.2, -0.15) is 0 Å². The fraction of sp³-hybridized carbons (Fsp3) is 0.643. The molecule has 0 aliphatic heterocycles. The number of nitrogens with one attached hydrogen (secondary N) is 1.